The number of thiocarbonyl (C=S) groups is 1. The summed E-state index contributed by atoms with van der Waals surface area (Å²) >= 11 is 7.26. The third-order valence-corrected chi connectivity index (χ3v) is 14.3. The Hall–Kier alpha value is -2.21. The molecule has 30 heavy (non-hydrogen) atoms. The normalized spacial score (nSPS) is 21.7. The van der Waals surface area contributed by atoms with Gasteiger partial charge in [-0.2, -0.15) is 0 Å². The number of ether oxygens (including phenoxy) is 2. The van der Waals surface area contributed by atoms with Crippen molar-refractivity contribution < 1.29 is 19.1 Å². The van der Waals surface area contributed by atoms with Crippen LogP contribution < -0.4 is 0 Å². The zero-order chi connectivity index (χ0) is 21.8. The van der Waals surface area contributed by atoms with Crippen LogP contribution in [0, 0.1) is 0 Å². The Morgan fingerprint density at radius 3 is 1.77 bits per heavy atom. The van der Waals surface area contributed by atoms with Gasteiger partial charge in [-0.25, -0.2) is 0 Å². The van der Waals surface area contributed by atoms with Gasteiger partial charge >= 0.3 is 185 Å². The first-order valence-electron chi connectivity index (χ1n) is 9.31. The average Bonchev–Trinajstić information content (AvgIpc) is 2.91. The zero-order valence-electron chi connectivity index (χ0n) is 17.1. The molecular formula is C22H22NO4PS2. The topological polar surface area (TPSA) is 55.8 Å². The van der Waals surface area contributed by atoms with Crippen molar-refractivity contribution in [2.24, 2.45) is 0 Å². The van der Waals surface area contributed by atoms with Crippen LogP contribution in [-0.4, -0.2) is 48.5 Å². The number of hydrogen-bond acceptors (Lipinski definition) is 6. The molecule has 2 aromatic carbocycles. The minimum absolute atomic E-state index is 0.282. The molecule has 2 aliphatic rings. The Labute approximate surface area is 185 Å². The van der Waals surface area contributed by atoms with Crippen LogP contribution in [0.2, 0.25) is 0 Å². The van der Waals surface area contributed by atoms with E-state index in [0.717, 1.165) is 11.1 Å². The number of carbonyl (C=O) groups is 2. The summed E-state index contributed by atoms with van der Waals surface area (Å²) in [4.78, 5) is 26.5. The number of rotatable bonds is 4. The summed E-state index contributed by atoms with van der Waals surface area (Å²) in [6.45, 7) is 4.07. The van der Waals surface area contributed by atoms with Gasteiger partial charge in [-0.15, -0.1) is 0 Å². The van der Waals surface area contributed by atoms with Gasteiger partial charge in [0.15, 0.2) is 0 Å². The Morgan fingerprint density at radius 2 is 1.37 bits per heavy atom. The molecule has 5 nitrogen and oxygen atoms in total. The maximum atomic E-state index is 13.4. The summed E-state index contributed by atoms with van der Waals surface area (Å²) in [5.41, 5.74) is 0.888. The van der Waals surface area contributed by atoms with Gasteiger partial charge in [0.05, 0.1) is 0 Å². The number of nitrogens with zero attached hydrogens (tertiary/aromatic N) is 1. The molecule has 0 aliphatic carbocycles. The van der Waals surface area contributed by atoms with Gasteiger partial charge in [0.1, 0.15) is 0 Å². The van der Waals surface area contributed by atoms with Gasteiger partial charge in [0, 0.05) is 0 Å². The van der Waals surface area contributed by atoms with E-state index >= 15 is 0 Å². The molecule has 1 saturated heterocycles. The molecule has 0 amide bonds. The summed E-state index contributed by atoms with van der Waals surface area (Å²) in [5, 5.41) is 0.377. The van der Waals surface area contributed by atoms with Crippen LogP contribution in [-0.2, 0) is 24.6 Å². The molecule has 0 N–H and O–H groups in total. The second-order valence-electron chi connectivity index (χ2n) is 7.75. The number of carbonyl (C=O) groups excluding carboxylic acids is 2. The van der Waals surface area contributed by atoms with Gasteiger partial charge in [0.25, 0.3) is 0 Å². The predicted octanol–water partition coefficient (Wildman–Crippen LogP) is 4.52. The van der Waals surface area contributed by atoms with Crippen molar-refractivity contribution in [3.8, 4) is 0 Å². The molecule has 0 aromatic heterocycles. The van der Waals surface area contributed by atoms with Crippen LogP contribution in [0.4, 0.5) is 0 Å². The fourth-order valence-corrected chi connectivity index (χ4v) is 15.5. The molecular weight excluding hydrogens is 437 g/mol. The van der Waals surface area contributed by atoms with Crippen LogP contribution in [0.25, 0.3) is 0 Å². The number of benzene rings is 2. The van der Waals surface area contributed by atoms with Crippen LogP contribution in [0.1, 0.15) is 11.1 Å². The van der Waals surface area contributed by atoms with E-state index in [-0.39, 0.29) is 5.57 Å². The van der Waals surface area contributed by atoms with Gasteiger partial charge in [-0.1, -0.05) is 0 Å². The number of hydrogen-bond donors (Lipinski definition) is 0. The second-order valence-corrected chi connectivity index (χ2v) is 17.5. The van der Waals surface area contributed by atoms with E-state index in [9.17, 15) is 9.59 Å². The van der Waals surface area contributed by atoms with Gasteiger partial charge < -0.3 is 0 Å². The molecule has 4 rings (SSSR count). The molecule has 0 bridgehead atoms. The van der Waals surface area contributed by atoms with Gasteiger partial charge in [-0.05, 0) is 0 Å². The number of fused-ring (bicyclic) bond motifs is 1. The summed E-state index contributed by atoms with van der Waals surface area (Å²) in [6, 6.07) is 19.3. The van der Waals surface area contributed by atoms with Gasteiger partial charge in [0.2, 0.25) is 0 Å². The fourth-order valence-electron chi connectivity index (χ4n) is 4.69. The molecule has 2 aromatic rings. The standard InChI is InChI=1S/C22H22NO4PS2/c1-26-19(24)17-18(20(25)27-2)28(3,4)23(21(29)30-28)22(17,15-11-7-5-8-12-15)16-13-9-6-10-14-16/h5-14H,1-4H3. The molecule has 1 fully saturated rings. The molecule has 2 heterocycles. The van der Waals surface area contributed by atoms with E-state index in [1.54, 1.807) is 0 Å². The quantitative estimate of drug-likeness (QED) is 0.379. The Morgan fingerprint density at radius 1 is 0.900 bits per heavy atom. The van der Waals surface area contributed by atoms with E-state index in [4.69, 9.17) is 21.7 Å². The molecule has 0 unspecified atom stereocenters. The predicted molar refractivity (Wildman–Crippen MR) is 126 cm³/mol. The summed E-state index contributed by atoms with van der Waals surface area (Å²) in [7, 11) is 2.67. The monoisotopic (exact) mass is 459 g/mol. The molecule has 0 spiro atoms. The van der Waals surface area contributed by atoms with E-state index in [1.807, 2.05) is 74.0 Å². The van der Waals surface area contributed by atoms with Crippen LogP contribution >= 0.6 is 29.6 Å². The Kier molecular flexibility index (Phi) is 4.84. The first-order chi connectivity index (χ1) is 14.2. The molecule has 0 atom stereocenters. The van der Waals surface area contributed by atoms with Crippen LogP contribution in [0.5, 0.6) is 0 Å². The minimum atomic E-state index is -3.17. The fraction of sp³-hybridized carbons (Fsp3) is 0.227. The van der Waals surface area contributed by atoms with Crippen molar-refractivity contribution in [3.63, 3.8) is 0 Å². The summed E-state index contributed by atoms with van der Waals surface area (Å²) in [5.74, 6) is -4.26. The van der Waals surface area contributed by atoms with Crippen molar-refractivity contribution >= 4 is 45.8 Å². The summed E-state index contributed by atoms with van der Waals surface area (Å²) < 4.78 is 13.2. The van der Waals surface area contributed by atoms with Gasteiger partial charge in [-0.3, -0.25) is 0 Å². The van der Waals surface area contributed by atoms with Crippen LogP contribution in [0.3, 0.4) is 0 Å². The van der Waals surface area contributed by atoms with E-state index in [0.29, 0.717) is 9.63 Å². The maximum absolute atomic E-state index is 13.4. The van der Waals surface area contributed by atoms with Crippen molar-refractivity contribution in [2.45, 2.75) is 5.54 Å². The van der Waals surface area contributed by atoms with E-state index in [1.165, 1.54) is 25.6 Å². The van der Waals surface area contributed by atoms with Crippen molar-refractivity contribution in [1.82, 2.24) is 4.67 Å². The molecule has 0 radical (unpaired) electrons. The van der Waals surface area contributed by atoms with Crippen molar-refractivity contribution in [2.75, 3.05) is 27.5 Å². The zero-order valence-corrected chi connectivity index (χ0v) is 19.6. The van der Waals surface area contributed by atoms with Crippen molar-refractivity contribution in [1.29, 1.82) is 0 Å². The first-order valence-corrected chi connectivity index (χ1v) is 14.2. The molecule has 2 aliphatic heterocycles. The third kappa shape index (κ3) is 2.49. The second kappa shape index (κ2) is 6.91. The number of methoxy groups -OCH3 is 2. The Balaban J connectivity index is 2.23. The van der Waals surface area contributed by atoms with E-state index < -0.39 is 23.4 Å². The SMILES string of the molecule is COC(=O)C1=C(C(=O)OC)P2(C)(C)SC(=S)N2C1(c1ccccc1)c1ccccc1. The van der Waals surface area contributed by atoms with E-state index in [2.05, 4.69) is 4.67 Å². The summed E-state index contributed by atoms with van der Waals surface area (Å²) in [6.07, 6.45) is 0. The van der Waals surface area contributed by atoms with Crippen molar-refractivity contribution in [3.05, 3.63) is 82.7 Å². The molecule has 156 valence electrons. The Bertz CT molecular complexity index is 1060. The molecule has 8 heteroatoms. The first kappa shape index (κ1) is 21.0. The third-order valence-electron chi connectivity index (χ3n) is 5.81. The number of esters is 2. The average molecular weight is 460 g/mol. The van der Waals surface area contributed by atoms with Crippen LogP contribution in [0.15, 0.2) is 71.6 Å². The molecule has 0 saturated carbocycles.